The lowest BCUT2D eigenvalue weighted by atomic mass is 9.93. The average molecular weight is 209 g/mol. The van der Waals surface area contributed by atoms with Crippen LogP contribution < -0.4 is 5.56 Å². The van der Waals surface area contributed by atoms with Crippen molar-refractivity contribution in [2.45, 2.75) is 32.7 Å². The van der Waals surface area contributed by atoms with Crippen LogP contribution in [0.1, 0.15) is 26.5 Å². The Kier molecular flexibility index (Phi) is 3.21. The lowest BCUT2D eigenvalue weighted by molar-refractivity contribution is 0.530. The molecule has 1 rings (SSSR count). The van der Waals surface area contributed by atoms with Gasteiger partial charge < -0.3 is 0 Å². The molecule has 15 heavy (non-hydrogen) atoms. The molecule has 0 saturated carbocycles. The van der Waals surface area contributed by atoms with Crippen molar-refractivity contribution in [1.29, 1.82) is 0 Å². The van der Waals surface area contributed by atoms with Crippen LogP contribution in [-0.4, -0.2) is 16.3 Å². The standard InChI is InChI=1S/C9H15N5O/c1-9(2,3)7-6-8(15)14(12-7)5-4-11-13-10/h6,12H,4-5H2,1-3H3. The lowest BCUT2D eigenvalue weighted by Crippen LogP contribution is -2.17. The number of hydrogen-bond donors (Lipinski definition) is 1. The SMILES string of the molecule is CC(C)(C)c1cc(=O)n(CCN=[N+]=[N-])[nH]1. The molecule has 0 bridgehead atoms. The maximum Gasteiger partial charge on any atom is 0.266 e. The highest BCUT2D eigenvalue weighted by molar-refractivity contribution is 5.10. The van der Waals surface area contributed by atoms with Gasteiger partial charge in [0.05, 0.1) is 0 Å². The van der Waals surface area contributed by atoms with Gasteiger partial charge in [0.15, 0.2) is 0 Å². The van der Waals surface area contributed by atoms with Gasteiger partial charge in [0.2, 0.25) is 0 Å². The third kappa shape index (κ3) is 2.89. The minimum absolute atomic E-state index is 0.0805. The molecular weight excluding hydrogens is 194 g/mol. The Labute approximate surface area is 87.5 Å². The van der Waals surface area contributed by atoms with Crippen molar-refractivity contribution in [1.82, 2.24) is 9.78 Å². The van der Waals surface area contributed by atoms with Crippen LogP contribution in [0.2, 0.25) is 0 Å². The molecule has 1 aromatic heterocycles. The Hall–Kier alpha value is -1.68. The molecule has 82 valence electrons. The van der Waals surface area contributed by atoms with Crippen LogP contribution in [0.25, 0.3) is 10.4 Å². The van der Waals surface area contributed by atoms with Crippen LogP contribution in [-0.2, 0) is 12.0 Å². The first kappa shape index (κ1) is 11.4. The average Bonchev–Trinajstić information content (AvgIpc) is 2.48. The predicted molar refractivity (Wildman–Crippen MR) is 57.8 cm³/mol. The third-order valence-electron chi connectivity index (χ3n) is 2.08. The van der Waals surface area contributed by atoms with E-state index in [-0.39, 0.29) is 17.5 Å². The maximum absolute atomic E-state index is 11.5. The van der Waals surface area contributed by atoms with Crippen LogP contribution in [0.4, 0.5) is 0 Å². The molecule has 6 heteroatoms. The summed E-state index contributed by atoms with van der Waals surface area (Å²) in [5, 5.41) is 6.38. The van der Waals surface area contributed by atoms with Crippen molar-refractivity contribution in [3.63, 3.8) is 0 Å². The molecule has 1 heterocycles. The summed E-state index contributed by atoms with van der Waals surface area (Å²) in [6, 6.07) is 1.58. The second kappa shape index (κ2) is 4.23. The van der Waals surface area contributed by atoms with E-state index in [1.165, 1.54) is 4.68 Å². The molecule has 0 aliphatic rings. The van der Waals surface area contributed by atoms with Crippen molar-refractivity contribution < 1.29 is 0 Å². The van der Waals surface area contributed by atoms with Gasteiger partial charge in [0, 0.05) is 35.2 Å². The van der Waals surface area contributed by atoms with Gasteiger partial charge in [-0.1, -0.05) is 25.9 Å². The predicted octanol–water partition coefficient (Wildman–Crippen LogP) is 1.78. The van der Waals surface area contributed by atoms with Crippen LogP contribution in [0.15, 0.2) is 16.0 Å². The molecule has 0 amide bonds. The Morgan fingerprint density at radius 2 is 2.27 bits per heavy atom. The van der Waals surface area contributed by atoms with Gasteiger partial charge in [-0.15, -0.1) is 0 Å². The number of azide groups is 1. The Balaban J connectivity index is 2.87. The molecule has 0 aromatic carbocycles. The summed E-state index contributed by atoms with van der Waals surface area (Å²) >= 11 is 0. The highest BCUT2D eigenvalue weighted by atomic mass is 16.1. The first-order chi connectivity index (χ1) is 6.95. The molecule has 6 nitrogen and oxygen atoms in total. The molecule has 1 aromatic rings. The molecule has 0 spiro atoms. The summed E-state index contributed by atoms with van der Waals surface area (Å²) in [5.74, 6) is 0. The summed E-state index contributed by atoms with van der Waals surface area (Å²) in [7, 11) is 0. The highest BCUT2D eigenvalue weighted by Crippen LogP contribution is 2.17. The number of nitrogens with zero attached hydrogens (tertiary/aromatic N) is 4. The van der Waals surface area contributed by atoms with Gasteiger partial charge in [-0.25, -0.2) is 0 Å². The van der Waals surface area contributed by atoms with E-state index in [9.17, 15) is 4.79 Å². The number of aromatic nitrogens is 2. The van der Waals surface area contributed by atoms with E-state index in [0.717, 1.165) is 5.69 Å². The summed E-state index contributed by atoms with van der Waals surface area (Å²) < 4.78 is 1.45. The summed E-state index contributed by atoms with van der Waals surface area (Å²) in [5.41, 5.74) is 8.82. The topological polar surface area (TPSA) is 86.6 Å². The smallest absolute Gasteiger partial charge is 0.266 e. The van der Waals surface area contributed by atoms with E-state index in [2.05, 4.69) is 15.1 Å². The van der Waals surface area contributed by atoms with Gasteiger partial charge in [-0.3, -0.25) is 14.6 Å². The van der Waals surface area contributed by atoms with Crippen LogP contribution in [0.3, 0.4) is 0 Å². The van der Waals surface area contributed by atoms with E-state index in [0.29, 0.717) is 6.54 Å². The number of rotatable bonds is 3. The fourth-order valence-electron chi connectivity index (χ4n) is 1.17. The van der Waals surface area contributed by atoms with Crippen LogP contribution in [0.5, 0.6) is 0 Å². The summed E-state index contributed by atoms with van der Waals surface area (Å²) in [6.07, 6.45) is 0. The fraction of sp³-hybridized carbons (Fsp3) is 0.667. The van der Waals surface area contributed by atoms with Gasteiger partial charge >= 0.3 is 0 Å². The van der Waals surface area contributed by atoms with Crippen molar-refractivity contribution in [3.8, 4) is 0 Å². The first-order valence-corrected chi connectivity index (χ1v) is 4.76. The first-order valence-electron chi connectivity index (χ1n) is 4.76. The second-order valence-corrected chi connectivity index (χ2v) is 4.36. The maximum atomic E-state index is 11.5. The zero-order valence-electron chi connectivity index (χ0n) is 9.19. The van der Waals surface area contributed by atoms with Crippen molar-refractivity contribution >= 4 is 0 Å². The Bertz CT molecular complexity index is 430. The minimum Gasteiger partial charge on any atom is -0.299 e. The number of H-pyrrole nitrogens is 1. The van der Waals surface area contributed by atoms with E-state index >= 15 is 0 Å². The number of aromatic amines is 1. The lowest BCUT2D eigenvalue weighted by Gasteiger charge is -2.15. The monoisotopic (exact) mass is 209 g/mol. The minimum atomic E-state index is -0.0898. The van der Waals surface area contributed by atoms with Crippen molar-refractivity contribution in [2.75, 3.05) is 6.54 Å². The van der Waals surface area contributed by atoms with E-state index in [1.807, 2.05) is 20.8 Å². The highest BCUT2D eigenvalue weighted by Gasteiger charge is 2.17. The van der Waals surface area contributed by atoms with Crippen LogP contribution in [0, 0.1) is 0 Å². The molecule has 1 N–H and O–H groups in total. The molecule has 0 saturated heterocycles. The van der Waals surface area contributed by atoms with E-state index in [4.69, 9.17) is 5.53 Å². The largest absolute Gasteiger partial charge is 0.299 e. The third-order valence-corrected chi connectivity index (χ3v) is 2.08. The van der Waals surface area contributed by atoms with Crippen molar-refractivity contribution in [3.05, 3.63) is 32.6 Å². The fourth-order valence-corrected chi connectivity index (χ4v) is 1.17. The Morgan fingerprint density at radius 3 is 2.73 bits per heavy atom. The zero-order valence-corrected chi connectivity index (χ0v) is 9.19. The zero-order chi connectivity index (χ0) is 11.5. The van der Waals surface area contributed by atoms with E-state index < -0.39 is 0 Å². The van der Waals surface area contributed by atoms with E-state index in [1.54, 1.807) is 6.07 Å². The van der Waals surface area contributed by atoms with Gasteiger partial charge in [-0.05, 0) is 5.53 Å². The molecule has 0 atom stereocenters. The number of hydrogen-bond acceptors (Lipinski definition) is 2. The van der Waals surface area contributed by atoms with Gasteiger partial charge in [-0.2, -0.15) is 0 Å². The number of nitrogens with one attached hydrogen (secondary N) is 1. The molecule has 0 radical (unpaired) electrons. The Morgan fingerprint density at radius 1 is 1.60 bits per heavy atom. The van der Waals surface area contributed by atoms with Gasteiger partial charge in [0.25, 0.3) is 5.56 Å². The molecule has 0 aliphatic carbocycles. The summed E-state index contributed by atoms with van der Waals surface area (Å²) in [4.78, 5) is 14.1. The summed E-state index contributed by atoms with van der Waals surface area (Å²) in [6.45, 7) is 6.74. The molecule has 0 fully saturated rings. The van der Waals surface area contributed by atoms with Gasteiger partial charge in [0.1, 0.15) is 0 Å². The van der Waals surface area contributed by atoms with Crippen LogP contribution >= 0.6 is 0 Å². The van der Waals surface area contributed by atoms with Crippen molar-refractivity contribution in [2.24, 2.45) is 5.11 Å². The normalized spacial score (nSPS) is 11.1. The molecule has 0 unspecified atom stereocenters. The second-order valence-electron chi connectivity index (χ2n) is 4.36. The molecule has 0 aliphatic heterocycles. The quantitative estimate of drug-likeness (QED) is 0.459. The molecular formula is C9H15N5O.